The number of nitrogens with one attached hydrogen (secondary N) is 1. The maximum Gasteiger partial charge on any atom is 0.255 e. The summed E-state index contributed by atoms with van der Waals surface area (Å²) in [4.78, 5) is 19.0. The van der Waals surface area contributed by atoms with E-state index in [1.165, 1.54) is 0 Å². The van der Waals surface area contributed by atoms with Gasteiger partial charge in [0.25, 0.3) is 5.91 Å². The van der Waals surface area contributed by atoms with Crippen LogP contribution in [0.3, 0.4) is 0 Å². The van der Waals surface area contributed by atoms with Crippen LogP contribution in [0.5, 0.6) is 0 Å². The second-order valence-corrected chi connectivity index (χ2v) is 5.19. The SMILES string of the molecule is CCc1nc2ccc(C(=O)N3CCNCC3)cn2c1C. The van der Waals surface area contributed by atoms with Crippen LogP contribution in [0, 0.1) is 6.92 Å². The monoisotopic (exact) mass is 272 g/mol. The highest BCUT2D eigenvalue weighted by molar-refractivity contribution is 5.94. The first-order chi connectivity index (χ1) is 9.70. The lowest BCUT2D eigenvalue weighted by atomic mass is 10.2. The van der Waals surface area contributed by atoms with Crippen LogP contribution in [0.25, 0.3) is 5.65 Å². The zero-order chi connectivity index (χ0) is 14.1. The molecular formula is C15H20N4O. The second kappa shape index (κ2) is 5.25. The van der Waals surface area contributed by atoms with Crippen LogP contribution < -0.4 is 5.32 Å². The molecule has 0 atom stereocenters. The number of aromatic nitrogens is 2. The van der Waals surface area contributed by atoms with Gasteiger partial charge in [-0.15, -0.1) is 0 Å². The maximum atomic E-state index is 12.5. The number of pyridine rings is 1. The molecular weight excluding hydrogens is 252 g/mol. The summed E-state index contributed by atoms with van der Waals surface area (Å²) in [5.74, 6) is 0.111. The first kappa shape index (κ1) is 13.1. The van der Waals surface area contributed by atoms with E-state index in [-0.39, 0.29) is 5.91 Å². The van der Waals surface area contributed by atoms with E-state index in [1.807, 2.05) is 27.6 Å². The molecule has 0 radical (unpaired) electrons. The summed E-state index contributed by atoms with van der Waals surface area (Å²) in [6.45, 7) is 7.45. The molecule has 0 aliphatic carbocycles. The number of carbonyl (C=O) groups excluding carboxylic acids is 1. The smallest absolute Gasteiger partial charge is 0.255 e. The Morgan fingerprint density at radius 3 is 2.80 bits per heavy atom. The molecule has 1 saturated heterocycles. The van der Waals surface area contributed by atoms with Gasteiger partial charge < -0.3 is 14.6 Å². The fourth-order valence-electron chi connectivity index (χ4n) is 2.72. The Hall–Kier alpha value is -1.88. The van der Waals surface area contributed by atoms with Gasteiger partial charge in [-0.25, -0.2) is 4.98 Å². The predicted octanol–water partition coefficient (Wildman–Crippen LogP) is 1.25. The summed E-state index contributed by atoms with van der Waals surface area (Å²) in [7, 11) is 0. The minimum absolute atomic E-state index is 0.111. The first-order valence-corrected chi connectivity index (χ1v) is 7.18. The van der Waals surface area contributed by atoms with E-state index in [1.54, 1.807) is 0 Å². The number of piperazine rings is 1. The third-order valence-electron chi connectivity index (χ3n) is 3.94. The molecule has 0 saturated carbocycles. The highest BCUT2D eigenvalue weighted by atomic mass is 16.2. The average Bonchev–Trinajstić information content (AvgIpc) is 2.83. The summed E-state index contributed by atoms with van der Waals surface area (Å²) in [6, 6.07) is 3.81. The molecule has 1 aliphatic heterocycles. The highest BCUT2D eigenvalue weighted by Gasteiger charge is 2.18. The van der Waals surface area contributed by atoms with E-state index >= 15 is 0 Å². The van der Waals surface area contributed by atoms with E-state index in [0.717, 1.165) is 55.2 Å². The minimum Gasteiger partial charge on any atom is -0.336 e. The van der Waals surface area contributed by atoms with Gasteiger partial charge in [0.2, 0.25) is 0 Å². The van der Waals surface area contributed by atoms with Crippen molar-refractivity contribution in [1.29, 1.82) is 0 Å². The molecule has 0 aromatic carbocycles. The Morgan fingerprint density at radius 1 is 1.35 bits per heavy atom. The van der Waals surface area contributed by atoms with Crippen LogP contribution >= 0.6 is 0 Å². The fraction of sp³-hybridized carbons (Fsp3) is 0.467. The topological polar surface area (TPSA) is 49.6 Å². The number of carbonyl (C=O) groups is 1. The summed E-state index contributed by atoms with van der Waals surface area (Å²) < 4.78 is 2.02. The quantitative estimate of drug-likeness (QED) is 0.895. The van der Waals surface area contributed by atoms with Gasteiger partial charge in [-0.05, 0) is 25.5 Å². The molecule has 1 N–H and O–H groups in total. The summed E-state index contributed by atoms with van der Waals surface area (Å²) in [6.07, 6.45) is 2.83. The van der Waals surface area contributed by atoms with E-state index in [9.17, 15) is 4.79 Å². The Bertz CT molecular complexity index is 641. The van der Waals surface area contributed by atoms with Crippen molar-refractivity contribution in [3.63, 3.8) is 0 Å². The lowest BCUT2D eigenvalue weighted by Crippen LogP contribution is -2.46. The van der Waals surface area contributed by atoms with Crippen LogP contribution in [0.4, 0.5) is 0 Å². The fourth-order valence-corrected chi connectivity index (χ4v) is 2.72. The maximum absolute atomic E-state index is 12.5. The van der Waals surface area contributed by atoms with Gasteiger partial charge in [0, 0.05) is 38.1 Å². The van der Waals surface area contributed by atoms with Crippen LogP contribution in [-0.2, 0) is 6.42 Å². The van der Waals surface area contributed by atoms with Crippen molar-refractivity contribution in [2.75, 3.05) is 26.2 Å². The molecule has 1 fully saturated rings. The number of imidazole rings is 1. The number of hydrogen-bond acceptors (Lipinski definition) is 3. The molecule has 1 aliphatic rings. The largest absolute Gasteiger partial charge is 0.336 e. The van der Waals surface area contributed by atoms with Crippen molar-refractivity contribution in [2.45, 2.75) is 20.3 Å². The molecule has 5 nitrogen and oxygen atoms in total. The number of fused-ring (bicyclic) bond motifs is 1. The molecule has 106 valence electrons. The van der Waals surface area contributed by atoms with Crippen molar-refractivity contribution in [3.05, 3.63) is 35.3 Å². The zero-order valence-electron chi connectivity index (χ0n) is 12.0. The lowest BCUT2D eigenvalue weighted by molar-refractivity contribution is 0.0735. The first-order valence-electron chi connectivity index (χ1n) is 7.18. The predicted molar refractivity (Wildman–Crippen MR) is 78.1 cm³/mol. The third-order valence-corrected chi connectivity index (χ3v) is 3.94. The van der Waals surface area contributed by atoms with E-state index in [2.05, 4.69) is 24.1 Å². The van der Waals surface area contributed by atoms with Gasteiger partial charge in [-0.3, -0.25) is 4.79 Å². The summed E-state index contributed by atoms with van der Waals surface area (Å²) in [5.41, 5.74) is 3.87. The molecule has 0 spiro atoms. The van der Waals surface area contributed by atoms with Gasteiger partial charge in [0.15, 0.2) is 0 Å². The molecule has 5 heteroatoms. The number of rotatable bonds is 2. The lowest BCUT2D eigenvalue weighted by Gasteiger charge is -2.27. The van der Waals surface area contributed by atoms with Gasteiger partial charge in [0.1, 0.15) is 5.65 Å². The zero-order valence-corrected chi connectivity index (χ0v) is 12.0. The molecule has 0 unspecified atom stereocenters. The van der Waals surface area contributed by atoms with Gasteiger partial charge in [-0.2, -0.15) is 0 Å². The summed E-state index contributed by atoms with van der Waals surface area (Å²) in [5, 5.41) is 3.26. The third kappa shape index (κ3) is 2.18. The number of nitrogens with zero attached hydrogens (tertiary/aromatic N) is 3. The Kier molecular flexibility index (Phi) is 3.44. The molecule has 3 rings (SSSR count). The molecule has 20 heavy (non-hydrogen) atoms. The van der Waals surface area contributed by atoms with Crippen LogP contribution in [-0.4, -0.2) is 46.4 Å². The molecule has 2 aromatic rings. The molecule has 0 bridgehead atoms. The van der Waals surface area contributed by atoms with Crippen LogP contribution in [0.15, 0.2) is 18.3 Å². The molecule has 2 aromatic heterocycles. The van der Waals surface area contributed by atoms with E-state index in [0.29, 0.717) is 0 Å². The normalized spacial score (nSPS) is 15.8. The van der Waals surface area contributed by atoms with Crippen molar-refractivity contribution in [1.82, 2.24) is 19.6 Å². The minimum atomic E-state index is 0.111. The number of hydrogen-bond donors (Lipinski definition) is 1. The molecule has 3 heterocycles. The molecule has 1 amide bonds. The summed E-state index contributed by atoms with van der Waals surface area (Å²) >= 11 is 0. The van der Waals surface area contributed by atoms with Gasteiger partial charge in [0.05, 0.1) is 11.3 Å². The Balaban J connectivity index is 1.95. The Morgan fingerprint density at radius 2 is 2.10 bits per heavy atom. The van der Waals surface area contributed by atoms with Crippen molar-refractivity contribution in [3.8, 4) is 0 Å². The number of amides is 1. The van der Waals surface area contributed by atoms with Gasteiger partial charge in [-0.1, -0.05) is 6.92 Å². The average molecular weight is 272 g/mol. The van der Waals surface area contributed by atoms with Crippen molar-refractivity contribution in [2.24, 2.45) is 0 Å². The van der Waals surface area contributed by atoms with Crippen molar-refractivity contribution < 1.29 is 4.79 Å². The number of aryl methyl sites for hydroxylation is 2. The van der Waals surface area contributed by atoms with E-state index in [4.69, 9.17) is 0 Å². The second-order valence-electron chi connectivity index (χ2n) is 5.19. The highest BCUT2D eigenvalue weighted by Crippen LogP contribution is 2.15. The van der Waals surface area contributed by atoms with Crippen molar-refractivity contribution >= 4 is 11.6 Å². The van der Waals surface area contributed by atoms with E-state index < -0.39 is 0 Å². The van der Waals surface area contributed by atoms with Gasteiger partial charge >= 0.3 is 0 Å². The van der Waals surface area contributed by atoms with Crippen LogP contribution in [0.2, 0.25) is 0 Å². The standard InChI is InChI=1S/C15H20N4O/c1-3-13-11(2)19-10-12(4-5-14(19)17-13)15(20)18-8-6-16-7-9-18/h4-5,10,16H,3,6-9H2,1-2H3. The Labute approximate surface area is 118 Å². The van der Waals surface area contributed by atoms with Crippen LogP contribution in [0.1, 0.15) is 28.7 Å².